The van der Waals surface area contributed by atoms with Crippen molar-refractivity contribution in [2.45, 2.75) is 32.2 Å². The lowest BCUT2D eigenvalue weighted by Crippen LogP contribution is -2.40. The van der Waals surface area contributed by atoms with E-state index < -0.39 is 6.09 Å². The van der Waals surface area contributed by atoms with Gasteiger partial charge < -0.3 is 9.64 Å². The van der Waals surface area contributed by atoms with Gasteiger partial charge in [0.15, 0.2) is 0 Å². The lowest BCUT2D eigenvalue weighted by atomic mass is 10.0. The van der Waals surface area contributed by atoms with Gasteiger partial charge in [-0.05, 0) is 28.8 Å². The number of benzene rings is 2. The maximum atomic E-state index is 11.9. The summed E-state index contributed by atoms with van der Waals surface area (Å²) in [5.74, 6) is 0.568. The minimum atomic E-state index is -0.430. The molecule has 1 heterocycles. The van der Waals surface area contributed by atoms with E-state index in [9.17, 15) is 4.79 Å². The van der Waals surface area contributed by atoms with E-state index in [-0.39, 0.29) is 6.04 Å². The molecular formula is C20H25N3O2. The van der Waals surface area contributed by atoms with Crippen LogP contribution in [0.2, 0.25) is 0 Å². The Balaban J connectivity index is 1.60. The van der Waals surface area contributed by atoms with E-state index in [1.807, 2.05) is 24.1 Å². The molecule has 132 valence electrons. The molecule has 2 aromatic rings. The van der Waals surface area contributed by atoms with Crippen LogP contribution < -0.4 is 5.32 Å². The molecule has 1 aliphatic rings. The molecule has 5 nitrogen and oxygen atoms in total. The summed E-state index contributed by atoms with van der Waals surface area (Å²) in [5, 5.41) is 5.19. The number of unbranched alkanes of at least 4 members (excludes halogenated alkanes) is 2. The molecule has 0 bridgehead atoms. The second-order valence-electron chi connectivity index (χ2n) is 6.37. The van der Waals surface area contributed by atoms with E-state index >= 15 is 0 Å². The zero-order chi connectivity index (χ0) is 17.6. The van der Waals surface area contributed by atoms with Crippen LogP contribution in [-0.4, -0.2) is 37.2 Å². The summed E-state index contributed by atoms with van der Waals surface area (Å²) in [4.78, 5) is 18.4. The van der Waals surface area contributed by atoms with Gasteiger partial charge in [0, 0.05) is 7.05 Å². The van der Waals surface area contributed by atoms with Gasteiger partial charge in [-0.15, -0.1) is 0 Å². The summed E-state index contributed by atoms with van der Waals surface area (Å²) >= 11 is 0. The van der Waals surface area contributed by atoms with Crippen molar-refractivity contribution in [3.8, 4) is 0 Å². The van der Waals surface area contributed by atoms with E-state index in [2.05, 4.69) is 47.6 Å². The number of guanidine groups is 1. The number of aliphatic imine (C=N–C) groups is 1. The minimum Gasteiger partial charge on any atom is -0.449 e. The maximum absolute atomic E-state index is 11.9. The zero-order valence-electron chi connectivity index (χ0n) is 14.9. The van der Waals surface area contributed by atoms with E-state index in [4.69, 9.17) is 4.74 Å². The van der Waals surface area contributed by atoms with Crippen molar-refractivity contribution in [2.75, 3.05) is 20.2 Å². The first-order chi connectivity index (χ1) is 12.2. The van der Waals surface area contributed by atoms with Gasteiger partial charge in [-0.2, -0.15) is 0 Å². The number of hydrogen-bond acceptors (Lipinski definition) is 4. The molecule has 0 saturated carbocycles. The molecule has 0 aromatic heterocycles. The molecule has 1 amide bonds. The summed E-state index contributed by atoms with van der Waals surface area (Å²) in [6, 6.07) is 14.9. The smallest absolute Gasteiger partial charge is 0.413 e. The topological polar surface area (TPSA) is 53.9 Å². The van der Waals surface area contributed by atoms with Crippen molar-refractivity contribution in [3.05, 3.63) is 48.0 Å². The summed E-state index contributed by atoms with van der Waals surface area (Å²) in [7, 11) is 1.95. The molecule has 1 unspecified atom stereocenters. The molecule has 0 spiro atoms. The highest BCUT2D eigenvalue weighted by atomic mass is 16.5. The van der Waals surface area contributed by atoms with Crippen LogP contribution in [0.4, 0.5) is 4.79 Å². The van der Waals surface area contributed by atoms with E-state index in [1.165, 1.54) is 16.3 Å². The van der Waals surface area contributed by atoms with Crippen LogP contribution in [0.25, 0.3) is 10.8 Å². The lowest BCUT2D eigenvalue weighted by Gasteiger charge is -2.23. The molecule has 0 fully saturated rings. The number of ether oxygens (including phenoxy) is 1. The standard InChI is InChI=1S/C20H25N3O2/c1-3-4-7-12-25-20(24)22-19-21-14-18(23(19)2)17-11-10-15-8-5-6-9-16(15)13-17/h5-6,8-11,13,18H,3-4,7,12,14H2,1-2H3,(H,21,22,24). The number of nitrogens with zero attached hydrogens (tertiary/aromatic N) is 2. The Hall–Kier alpha value is -2.56. The molecule has 25 heavy (non-hydrogen) atoms. The third-order valence-electron chi connectivity index (χ3n) is 4.57. The van der Waals surface area contributed by atoms with Gasteiger partial charge in [-0.3, -0.25) is 10.3 Å². The Kier molecular flexibility index (Phi) is 5.53. The van der Waals surface area contributed by atoms with Crippen LogP contribution in [0.3, 0.4) is 0 Å². The van der Waals surface area contributed by atoms with Crippen molar-refractivity contribution in [2.24, 2.45) is 4.99 Å². The van der Waals surface area contributed by atoms with Crippen LogP contribution in [0.1, 0.15) is 37.8 Å². The number of likely N-dealkylation sites (N-methyl/N-ethyl adjacent to an activating group) is 1. The fourth-order valence-electron chi connectivity index (χ4n) is 3.07. The Morgan fingerprint density at radius 2 is 2.04 bits per heavy atom. The van der Waals surface area contributed by atoms with Crippen LogP contribution in [0.15, 0.2) is 47.5 Å². The number of alkyl carbamates (subject to hydrolysis) is 1. The van der Waals surface area contributed by atoms with Gasteiger partial charge in [0.05, 0.1) is 19.2 Å². The van der Waals surface area contributed by atoms with Crippen LogP contribution >= 0.6 is 0 Å². The van der Waals surface area contributed by atoms with Crippen molar-refractivity contribution in [1.82, 2.24) is 10.2 Å². The Bertz CT molecular complexity index is 772. The Morgan fingerprint density at radius 1 is 1.24 bits per heavy atom. The quantitative estimate of drug-likeness (QED) is 0.835. The normalized spacial score (nSPS) is 16.8. The zero-order valence-corrected chi connectivity index (χ0v) is 14.9. The predicted molar refractivity (Wildman–Crippen MR) is 101 cm³/mol. The van der Waals surface area contributed by atoms with Crippen molar-refractivity contribution in [1.29, 1.82) is 0 Å². The average Bonchev–Trinajstić information content (AvgIpc) is 2.99. The third kappa shape index (κ3) is 4.10. The molecule has 1 N–H and O–H groups in total. The summed E-state index contributed by atoms with van der Waals surface area (Å²) < 4.78 is 5.20. The molecule has 3 rings (SSSR count). The van der Waals surface area contributed by atoms with Gasteiger partial charge in [-0.25, -0.2) is 4.79 Å². The first-order valence-electron chi connectivity index (χ1n) is 8.89. The molecule has 0 aliphatic carbocycles. The van der Waals surface area contributed by atoms with E-state index in [1.54, 1.807) is 0 Å². The summed E-state index contributed by atoms with van der Waals surface area (Å²) in [6.07, 6.45) is 2.64. The molecule has 0 saturated heterocycles. The summed E-state index contributed by atoms with van der Waals surface area (Å²) in [6.45, 7) is 3.19. The molecule has 1 aliphatic heterocycles. The van der Waals surface area contributed by atoms with Crippen LogP contribution in [0, 0.1) is 0 Å². The molecule has 1 atom stereocenters. The average molecular weight is 339 g/mol. The number of amides is 1. The Morgan fingerprint density at radius 3 is 2.84 bits per heavy atom. The largest absolute Gasteiger partial charge is 0.449 e. The first-order valence-corrected chi connectivity index (χ1v) is 8.89. The van der Waals surface area contributed by atoms with Crippen molar-refractivity contribution in [3.63, 3.8) is 0 Å². The van der Waals surface area contributed by atoms with Gasteiger partial charge in [0.25, 0.3) is 0 Å². The number of carbonyl (C=O) groups is 1. The number of fused-ring (bicyclic) bond motifs is 1. The van der Waals surface area contributed by atoms with Crippen molar-refractivity contribution < 1.29 is 9.53 Å². The third-order valence-corrected chi connectivity index (χ3v) is 4.57. The van der Waals surface area contributed by atoms with Crippen LogP contribution in [0.5, 0.6) is 0 Å². The first kappa shape index (κ1) is 17.3. The number of rotatable bonds is 5. The predicted octanol–water partition coefficient (Wildman–Crippen LogP) is 4.10. The second-order valence-corrected chi connectivity index (χ2v) is 6.37. The van der Waals surface area contributed by atoms with Gasteiger partial charge in [0.2, 0.25) is 5.96 Å². The van der Waals surface area contributed by atoms with Crippen molar-refractivity contribution >= 4 is 22.8 Å². The lowest BCUT2D eigenvalue weighted by molar-refractivity contribution is 0.148. The van der Waals surface area contributed by atoms with Crippen LogP contribution in [-0.2, 0) is 4.74 Å². The molecular weight excluding hydrogens is 314 g/mol. The highest BCUT2D eigenvalue weighted by Crippen LogP contribution is 2.27. The molecule has 5 heteroatoms. The molecule has 2 aromatic carbocycles. The summed E-state index contributed by atoms with van der Waals surface area (Å²) in [5.41, 5.74) is 1.19. The molecule has 0 radical (unpaired) electrons. The van der Waals surface area contributed by atoms with E-state index in [0.717, 1.165) is 19.3 Å². The maximum Gasteiger partial charge on any atom is 0.413 e. The number of nitrogens with one attached hydrogen (secondary N) is 1. The van der Waals surface area contributed by atoms with Gasteiger partial charge >= 0.3 is 6.09 Å². The fraction of sp³-hybridized carbons (Fsp3) is 0.400. The second kappa shape index (κ2) is 8.01. The highest BCUT2D eigenvalue weighted by molar-refractivity contribution is 5.95. The SMILES string of the molecule is CCCCCOC(=O)NC1=NCC(c2ccc3ccccc3c2)N1C. The number of hydrogen-bond donors (Lipinski definition) is 1. The van der Waals surface area contributed by atoms with Gasteiger partial charge in [-0.1, -0.05) is 56.2 Å². The highest BCUT2D eigenvalue weighted by Gasteiger charge is 2.27. The van der Waals surface area contributed by atoms with Gasteiger partial charge in [0.1, 0.15) is 0 Å². The minimum absolute atomic E-state index is 0.125. The monoisotopic (exact) mass is 339 g/mol. The fourth-order valence-corrected chi connectivity index (χ4v) is 3.07. The number of carbonyl (C=O) groups excluding carboxylic acids is 1. The van der Waals surface area contributed by atoms with E-state index in [0.29, 0.717) is 19.1 Å². The Labute approximate surface area is 148 Å².